The lowest BCUT2D eigenvalue weighted by atomic mass is 10.2. The van der Waals surface area contributed by atoms with Gasteiger partial charge in [-0.1, -0.05) is 5.16 Å². The Bertz CT molecular complexity index is 326. The monoisotopic (exact) mass is 243 g/mol. The molecule has 16 heavy (non-hydrogen) atoms. The van der Waals surface area contributed by atoms with Crippen molar-refractivity contribution >= 4 is 11.8 Å². The predicted molar refractivity (Wildman–Crippen MR) is 62.3 cm³/mol. The van der Waals surface area contributed by atoms with E-state index in [2.05, 4.69) is 10.1 Å². The van der Waals surface area contributed by atoms with Crippen LogP contribution in [0.25, 0.3) is 0 Å². The molecular formula is C10H17N3O2S. The molecule has 0 radical (unpaired) electrons. The molecule has 1 saturated heterocycles. The molecule has 5 nitrogen and oxygen atoms in total. The van der Waals surface area contributed by atoms with Gasteiger partial charge in [0, 0.05) is 19.6 Å². The largest absolute Gasteiger partial charge is 0.383 e. The summed E-state index contributed by atoms with van der Waals surface area (Å²) >= 11 is 1.90. The SMILES string of the molecule is COCC(N)Cc1nc(C2CCCS2)no1. The van der Waals surface area contributed by atoms with Gasteiger partial charge in [-0.2, -0.15) is 16.7 Å². The van der Waals surface area contributed by atoms with Gasteiger partial charge in [-0.05, 0) is 18.6 Å². The highest BCUT2D eigenvalue weighted by atomic mass is 32.2. The number of aromatic nitrogens is 2. The van der Waals surface area contributed by atoms with Gasteiger partial charge in [0.05, 0.1) is 11.9 Å². The van der Waals surface area contributed by atoms with Gasteiger partial charge in [-0.25, -0.2) is 0 Å². The Hall–Kier alpha value is -0.590. The highest BCUT2D eigenvalue weighted by Gasteiger charge is 2.23. The number of nitrogens with zero attached hydrogens (tertiary/aromatic N) is 2. The van der Waals surface area contributed by atoms with Crippen molar-refractivity contribution in [1.82, 2.24) is 10.1 Å². The molecule has 90 valence electrons. The minimum atomic E-state index is -0.0745. The molecule has 0 spiro atoms. The Balaban J connectivity index is 1.91. The minimum Gasteiger partial charge on any atom is -0.383 e. The molecule has 0 aromatic carbocycles. The first-order valence-corrected chi connectivity index (χ1v) is 6.53. The summed E-state index contributed by atoms with van der Waals surface area (Å²) < 4.78 is 10.1. The van der Waals surface area contributed by atoms with Crippen LogP contribution in [0.4, 0.5) is 0 Å². The predicted octanol–water partition coefficient (Wildman–Crippen LogP) is 1.15. The van der Waals surface area contributed by atoms with Crippen LogP contribution in [-0.2, 0) is 11.2 Å². The van der Waals surface area contributed by atoms with Crippen molar-refractivity contribution in [3.05, 3.63) is 11.7 Å². The number of hydrogen-bond donors (Lipinski definition) is 1. The second kappa shape index (κ2) is 5.65. The molecule has 2 rings (SSSR count). The van der Waals surface area contributed by atoms with Crippen molar-refractivity contribution in [2.45, 2.75) is 30.6 Å². The number of thioether (sulfide) groups is 1. The topological polar surface area (TPSA) is 74.2 Å². The average Bonchev–Trinajstić information content (AvgIpc) is 2.86. The maximum absolute atomic E-state index is 5.82. The van der Waals surface area contributed by atoms with Crippen molar-refractivity contribution in [1.29, 1.82) is 0 Å². The minimum absolute atomic E-state index is 0.0745. The fraction of sp³-hybridized carbons (Fsp3) is 0.800. The molecule has 1 aliphatic heterocycles. The van der Waals surface area contributed by atoms with Crippen LogP contribution in [0.5, 0.6) is 0 Å². The number of rotatable bonds is 5. The van der Waals surface area contributed by atoms with Crippen LogP contribution >= 0.6 is 11.8 Å². The summed E-state index contributed by atoms with van der Waals surface area (Å²) in [5.74, 6) is 2.63. The molecular weight excluding hydrogens is 226 g/mol. The molecule has 2 atom stereocenters. The van der Waals surface area contributed by atoms with Crippen LogP contribution in [0.1, 0.15) is 29.8 Å². The van der Waals surface area contributed by atoms with Crippen LogP contribution in [0, 0.1) is 0 Å². The molecule has 0 bridgehead atoms. The number of nitrogens with two attached hydrogens (primary N) is 1. The Morgan fingerprint density at radius 1 is 1.69 bits per heavy atom. The zero-order valence-electron chi connectivity index (χ0n) is 9.39. The Kier molecular flexibility index (Phi) is 4.20. The van der Waals surface area contributed by atoms with Gasteiger partial charge in [-0.15, -0.1) is 0 Å². The van der Waals surface area contributed by atoms with Crippen LogP contribution in [0.3, 0.4) is 0 Å². The maximum atomic E-state index is 5.82. The normalized spacial score (nSPS) is 22.5. The van der Waals surface area contributed by atoms with E-state index in [0.29, 0.717) is 24.2 Å². The first kappa shape index (κ1) is 11.9. The van der Waals surface area contributed by atoms with E-state index in [9.17, 15) is 0 Å². The van der Waals surface area contributed by atoms with Gasteiger partial charge in [0.25, 0.3) is 0 Å². The third-order valence-corrected chi connectivity index (χ3v) is 3.89. The van der Waals surface area contributed by atoms with Crippen molar-refractivity contribution in [2.75, 3.05) is 19.5 Å². The van der Waals surface area contributed by atoms with E-state index in [1.807, 2.05) is 11.8 Å². The first-order chi connectivity index (χ1) is 7.79. The van der Waals surface area contributed by atoms with Crippen molar-refractivity contribution in [3.8, 4) is 0 Å². The van der Waals surface area contributed by atoms with E-state index in [4.69, 9.17) is 15.0 Å². The fourth-order valence-electron chi connectivity index (χ4n) is 1.76. The smallest absolute Gasteiger partial charge is 0.228 e. The molecule has 0 amide bonds. The summed E-state index contributed by atoms with van der Waals surface area (Å²) in [5, 5.41) is 4.42. The molecule has 2 unspecified atom stereocenters. The molecule has 2 N–H and O–H groups in total. The Morgan fingerprint density at radius 3 is 3.25 bits per heavy atom. The van der Waals surface area contributed by atoms with Gasteiger partial charge in [-0.3, -0.25) is 0 Å². The van der Waals surface area contributed by atoms with Gasteiger partial charge in [0.1, 0.15) is 0 Å². The molecule has 6 heteroatoms. The quantitative estimate of drug-likeness (QED) is 0.836. The summed E-state index contributed by atoms with van der Waals surface area (Å²) in [5.41, 5.74) is 5.82. The van der Waals surface area contributed by atoms with E-state index in [-0.39, 0.29) is 6.04 Å². The molecule has 1 aromatic rings. The number of hydrogen-bond acceptors (Lipinski definition) is 6. The maximum Gasteiger partial charge on any atom is 0.228 e. The van der Waals surface area contributed by atoms with E-state index in [1.165, 1.54) is 12.2 Å². The highest BCUT2D eigenvalue weighted by molar-refractivity contribution is 7.99. The molecule has 2 heterocycles. The van der Waals surface area contributed by atoms with Gasteiger partial charge in [0.15, 0.2) is 5.82 Å². The van der Waals surface area contributed by atoms with Crippen LogP contribution in [-0.4, -0.2) is 35.7 Å². The summed E-state index contributed by atoms with van der Waals surface area (Å²) in [6, 6.07) is -0.0745. The summed E-state index contributed by atoms with van der Waals surface area (Å²) in [7, 11) is 1.63. The van der Waals surface area contributed by atoms with Crippen LogP contribution in [0.15, 0.2) is 4.52 Å². The van der Waals surface area contributed by atoms with Crippen molar-refractivity contribution in [3.63, 3.8) is 0 Å². The number of methoxy groups -OCH3 is 1. The molecule has 1 aromatic heterocycles. The van der Waals surface area contributed by atoms with Gasteiger partial charge >= 0.3 is 0 Å². The Morgan fingerprint density at radius 2 is 2.56 bits per heavy atom. The van der Waals surface area contributed by atoms with E-state index >= 15 is 0 Å². The highest BCUT2D eigenvalue weighted by Crippen LogP contribution is 2.38. The molecule has 1 aliphatic rings. The van der Waals surface area contributed by atoms with Gasteiger partial charge in [0.2, 0.25) is 5.89 Å². The third-order valence-electron chi connectivity index (χ3n) is 2.52. The summed E-state index contributed by atoms with van der Waals surface area (Å²) in [6.45, 7) is 0.510. The Labute approximate surface area is 99.1 Å². The van der Waals surface area contributed by atoms with E-state index in [0.717, 1.165) is 12.2 Å². The molecule has 1 fully saturated rings. The van der Waals surface area contributed by atoms with Crippen LogP contribution < -0.4 is 5.73 Å². The standard InChI is InChI=1S/C10H17N3O2S/c1-14-6-7(11)5-9-12-10(13-15-9)8-3-2-4-16-8/h7-8H,2-6,11H2,1H3. The number of ether oxygens (including phenoxy) is 1. The second-order valence-electron chi connectivity index (χ2n) is 3.97. The lowest BCUT2D eigenvalue weighted by Gasteiger charge is -2.05. The zero-order chi connectivity index (χ0) is 11.4. The van der Waals surface area contributed by atoms with E-state index < -0.39 is 0 Å². The lowest BCUT2D eigenvalue weighted by Crippen LogP contribution is -2.28. The van der Waals surface area contributed by atoms with Crippen molar-refractivity contribution in [2.24, 2.45) is 5.73 Å². The zero-order valence-corrected chi connectivity index (χ0v) is 10.2. The first-order valence-electron chi connectivity index (χ1n) is 5.48. The lowest BCUT2D eigenvalue weighted by molar-refractivity contribution is 0.176. The summed E-state index contributed by atoms with van der Waals surface area (Å²) in [4.78, 5) is 4.38. The second-order valence-corrected chi connectivity index (χ2v) is 5.28. The van der Waals surface area contributed by atoms with E-state index in [1.54, 1.807) is 7.11 Å². The summed E-state index contributed by atoms with van der Waals surface area (Å²) in [6.07, 6.45) is 2.97. The van der Waals surface area contributed by atoms with Crippen molar-refractivity contribution < 1.29 is 9.26 Å². The molecule has 0 saturated carbocycles. The van der Waals surface area contributed by atoms with Crippen LogP contribution in [0.2, 0.25) is 0 Å². The fourth-order valence-corrected chi connectivity index (χ4v) is 2.96. The van der Waals surface area contributed by atoms with Gasteiger partial charge < -0.3 is 15.0 Å². The average molecular weight is 243 g/mol. The third kappa shape index (κ3) is 2.96. The molecule has 0 aliphatic carbocycles.